The summed E-state index contributed by atoms with van der Waals surface area (Å²) in [7, 11) is 0. The molecule has 22 heavy (non-hydrogen) atoms. The first-order valence-corrected chi connectivity index (χ1v) is 7.57. The van der Waals surface area contributed by atoms with Gasteiger partial charge in [0.05, 0.1) is 12.9 Å². The fourth-order valence-corrected chi connectivity index (χ4v) is 2.29. The predicted octanol–water partition coefficient (Wildman–Crippen LogP) is 3.22. The molecule has 3 rings (SSSR count). The van der Waals surface area contributed by atoms with Crippen molar-refractivity contribution in [3.8, 4) is 11.3 Å². The van der Waals surface area contributed by atoms with E-state index in [1.807, 2.05) is 36.4 Å². The monoisotopic (exact) mass is 359 g/mol. The summed E-state index contributed by atoms with van der Waals surface area (Å²) in [6.07, 6.45) is 5.00. The zero-order chi connectivity index (χ0) is 15.4. The number of hydrogen-bond acceptors (Lipinski definition) is 3. The Kier molecular flexibility index (Phi) is 4.39. The zero-order valence-electron chi connectivity index (χ0n) is 11.7. The molecule has 1 aromatic carbocycles. The summed E-state index contributed by atoms with van der Waals surface area (Å²) < 4.78 is 8.48. The van der Waals surface area contributed by atoms with Gasteiger partial charge in [-0.25, -0.2) is 4.98 Å². The zero-order valence-corrected chi connectivity index (χ0v) is 13.3. The molecule has 112 valence electrons. The van der Waals surface area contributed by atoms with E-state index >= 15 is 0 Å². The second-order valence-corrected chi connectivity index (χ2v) is 5.70. The van der Waals surface area contributed by atoms with Crippen LogP contribution >= 0.6 is 15.9 Å². The van der Waals surface area contributed by atoms with Crippen molar-refractivity contribution < 1.29 is 9.21 Å². The van der Waals surface area contributed by atoms with Gasteiger partial charge < -0.3 is 14.3 Å². The number of hydrogen-bond donors (Lipinski definition) is 1. The van der Waals surface area contributed by atoms with Crippen molar-refractivity contribution in [3.05, 3.63) is 65.4 Å². The van der Waals surface area contributed by atoms with Gasteiger partial charge in [-0.3, -0.25) is 4.79 Å². The van der Waals surface area contributed by atoms with Gasteiger partial charge in [0, 0.05) is 22.4 Å². The molecule has 3 aromatic rings. The van der Waals surface area contributed by atoms with Crippen molar-refractivity contribution >= 4 is 21.8 Å². The van der Waals surface area contributed by atoms with Gasteiger partial charge in [0.15, 0.2) is 0 Å². The lowest BCUT2D eigenvalue weighted by Crippen LogP contribution is -2.26. The summed E-state index contributed by atoms with van der Waals surface area (Å²) in [5.74, 6) is 1.42. The highest BCUT2D eigenvalue weighted by Crippen LogP contribution is 2.23. The Balaban J connectivity index is 1.57. The number of rotatable bonds is 5. The summed E-state index contributed by atoms with van der Waals surface area (Å²) >= 11 is 3.40. The van der Waals surface area contributed by atoms with Crippen LogP contribution in [-0.2, 0) is 17.9 Å². The summed E-state index contributed by atoms with van der Waals surface area (Å²) in [5, 5.41) is 2.82. The van der Waals surface area contributed by atoms with Gasteiger partial charge in [-0.2, -0.15) is 0 Å². The van der Waals surface area contributed by atoms with Crippen LogP contribution in [0.3, 0.4) is 0 Å². The normalized spacial score (nSPS) is 10.6. The first-order valence-electron chi connectivity index (χ1n) is 6.78. The van der Waals surface area contributed by atoms with Gasteiger partial charge >= 0.3 is 0 Å². The maximum Gasteiger partial charge on any atom is 0.240 e. The molecular weight excluding hydrogens is 346 g/mol. The number of imidazole rings is 1. The molecule has 0 aliphatic rings. The minimum Gasteiger partial charge on any atom is -0.459 e. The molecule has 0 atom stereocenters. The Morgan fingerprint density at radius 2 is 2.05 bits per heavy atom. The van der Waals surface area contributed by atoms with Gasteiger partial charge in [0.2, 0.25) is 5.91 Å². The fraction of sp³-hybridized carbons (Fsp3) is 0.125. The molecule has 0 bridgehead atoms. The Morgan fingerprint density at radius 1 is 1.23 bits per heavy atom. The number of carbonyl (C=O) groups is 1. The first-order chi connectivity index (χ1) is 10.7. The highest BCUT2D eigenvalue weighted by Gasteiger charge is 2.07. The molecule has 0 aliphatic heterocycles. The smallest absolute Gasteiger partial charge is 0.240 e. The predicted molar refractivity (Wildman–Crippen MR) is 85.9 cm³/mol. The highest BCUT2D eigenvalue weighted by molar-refractivity contribution is 9.10. The van der Waals surface area contributed by atoms with E-state index in [2.05, 4.69) is 26.2 Å². The molecule has 0 spiro atoms. The van der Waals surface area contributed by atoms with Crippen LogP contribution in [0.5, 0.6) is 0 Å². The summed E-state index contributed by atoms with van der Waals surface area (Å²) in [6.45, 7) is 0.615. The second-order valence-electron chi connectivity index (χ2n) is 4.78. The Morgan fingerprint density at radius 3 is 2.77 bits per heavy atom. The number of amides is 1. The molecule has 1 amide bonds. The first kappa shape index (κ1) is 14.6. The maximum absolute atomic E-state index is 11.8. The van der Waals surface area contributed by atoms with E-state index in [0.717, 1.165) is 21.6 Å². The van der Waals surface area contributed by atoms with Crippen molar-refractivity contribution in [1.82, 2.24) is 14.9 Å². The fourth-order valence-electron chi connectivity index (χ4n) is 2.03. The molecule has 1 N–H and O–H groups in total. The quantitative estimate of drug-likeness (QED) is 0.760. The number of nitrogens with one attached hydrogen (secondary N) is 1. The SMILES string of the molecule is O=C(Cn1ccnc1)NCc1ccc(-c2ccc(Br)cc2)o1. The lowest BCUT2D eigenvalue weighted by atomic mass is 10.2. The van der Waals surface area contributed by atoms with Crippen LogP contribution in [0, 0.1) is 0 Å². The van der Waals surface area contributed by atoms with Gasteiger partial charge in [0.1, 0.15) is 18.1 Å². The minimum atomic E-state index is -0.0837. The third-order valence-corrected chi connectivity index (χ3v) is 3.66. The molecule has 0 fully saturated rings. The number of aromatic nitrogens is 2. The van der Waals surface area contributed by atoms with Crippen LogP contribution in [0.1, 0.15) is 5.76 Å². The Labute approximate surface area is 136 Å². The Bertz CT molecular complexity index is 748. The van der Waals surface area contributed by atoms with Crippen LogP contribution in [0.15, 0.2) is 64.0 Å². The van der Waals surface area contributed by atoms with Gasteiger partial charge in [0.25, 0.3) is 0 Å². The second kappa shape index (κ2) is 6.62. The van der Waals surface area contributed by atoms with Crippen LogP contribution in [0.25, 0.3) is 11.3 Å². The summed E-state index contributed by atoms with van der Waals surface area (Å²) in [5.41, 5.74) is 0.999. The minimum absolute atomic E-state index is 0.0837. The lowest BCUT2D eigenvalue weighted by Gasteiger charge is -2.04. The van der Waals surface area contributed by atoms with Gasteiger partial charge in [-0.15, -0.1) is 0 Å². The molecular formula is C16H14BrN3O2. The molecule has 0 aliphatic carbocycles. The molecule has 5 nitrogen and oxygen atoms in total. The molecule has 6 heteroatoms. The average Bonchev–Trinajstić information content (AvgIpc) is 3.17. The summed E-state index contributed by atoms with van der Waals surface area (Å²) in [4.78, 5) is 15.7. The van der Waals surface area contributed by atoms with Crippen LogP contribution in [-0.4, -0.2) is 15.5 Å². The van der Waals surface area contributed by atoms with E-state index in [4.69, 9.17) is 4.42 Å². The van der Waals surface area contributed by atoms with E-state index in [1.54, 1.807) is 23.3 Å². The van der Waals surface area contributed by atoms with Crippen molar-refractivity contribution in [3.63, 3.8) is 0 Å². The number of nitrogens with zero attached hydrogens (tertiary/aromatic N) is 2. The average molecular weight is 360 g/mol. The molecule has 2 aromatic heterocycles. The molecule has 0 saturated carbocycles. The van der Waals surface area contributed by atoms with Gasteiger partial charge in [-0.05, 0) is 24.3 Å². The van der Waals surface area contributed by atoms with E-state index in [-0.39, 0.29) is 12.5 Å². The van der Waals surface area contributed by atoms with Crippen LogP contribution in [0.2, 0.25) is 0 Å². The topological polar surface area (TPSA) is 60.1 Å². The van der Waals surface area contributed by atoms with E-state index in [1.165, 1.54) is 0 Å². The largest absolute Gasteiger partial charge is 0.459 e. The van der Waals surface area contributed by atoms with Gasteiger partial charge in [-0.1, -0.05) is 28.1 Å². The number of halogens is 1. The molecule has 2 heterocycles. The van der Waals surface area contributed by atoms with Crippen molar-refractivity contribution in [2.45, 2.75) is 13.1 Å². The van der Waals surface area contributed by atoms with E-state index < -0.39 is 0 Å². The van der Waals surface area contributed by atoms with E-state index in [0.29, 0.717) is 6.54 Å². The Hall–Kier alpha value is -2.34. The van der Waals surface area contributed by atoms with Crippen molar-refractivity contribution in [2.24, 2.45) is 0 Å². The lowest BCUT2D eigenvalue weighted by molar-refractivity contribution is -0.121. The van der Waals surface area contributed by atoms with Crippen molar-refractivity contribution in [1.29, 1.82) is 0 Å². The number of carbonyl (C=O) groups excluding carboxylic acids is 1. The third-order valence-electron chi connectivity index (χ3n) is 3.14. The number of furan rings is 1. The molecule has 0 radical (unpaired) electrons. The maximum atomic E-state index is 11.8. The third kappa shape index (κ3) is 3.65. The molecule has 0 saturated heterocycles. The summed E-state index contributed by atoms with van der Waals surface area (Å²) in [6, 6.07) is 11.7. The number of benzene rings is 1. The van der Waals surface area contributed by atoms with Crippen LogP contribution in [0.4, 0.5) is 0 Å². The van der Waals surface area contributed by atoms with Crippen LogP contribution < -0.4 is 5.32 Å². The van der Waals surface area contributed by atoms with E-state index in [9.17, 15) is 4.79 Å². The standard InChI is InChI=1S/C16H14BrN3O2/c17-13-3-1-12(2-4-13)15-6-5-14(22-15)9-19-16(21)10-20-8-7-18-11-20/h1-8,11H,9-10H2,(H,19,21). The van der Waals surface area contributed by atoms with Crippen molar-refractivity contribution in [2.75, 3.05) is 0 Å². The highest BCUT2D eigenvalue weighted by atomic mass is 79.9. The molecule has 0 unspecified atom stereocenters.